The van der Waals surface area contributed by atoms with Crippen LogP contribution < -0.4 is 9.64 Å². The fraction of sp³-hybridized carbons (Fsp3) is 0.409. The van der Waals surface area contributed by atoms with Crippen LogP contribution in [0.15, 0.2) is 51.8 Å². The van der Waals surface area contributed by atoms with E-state index in [0.717, 1.165) is 34.3 Å². The van der Waals surface area contributed by atoms with Crippen molar-refractivity contribution in [2.75, 3.05) is 31.6 Å². The van der Waals surface area contributed by atoms with Crippen LogP contribution in [0.2, 0.25) is 0 Å². The first-order valence-electron chi connectivity index (χ1n) is 10.1. The number of halogens is 1. The Hall–Kier alpha value is -1.90. The van der Waals surface area contributed by atoms with Gasteiger partial charge in [0.2, 0.25) is 15.9 Å². The van der Waals surface area contributed by atoms with E-state index in [2.05, 4.69) is 15.9 Å². The Labute approximate surface area is 186 Å². The van der Waals surface area contributed by atoms with Crippen LogP contribution in [0.25, 0.3) is 0 Å². The number of rotatable bonds is 4. The number of amides is 1. The summed E-state index contributed by atoms with van der Waals surface area (Å²) in [5.41, 5.74) is 2.02. The van der Waals surface area contributed by atoms with Gasteiger partial charge in [0.1, 0.15) is 5.75 Å². The SMILES string of the molecule is COc1ccc2c(c1)CCCN2C(=O)[C@@H]1CCCN(S(=O)(=O)c2ccc(Br)cc2)C1. The highest BCUT2D eigenvalue weighted by Crippen LogP contribution is 2.33. The summed E-state index contributed by atoms with van der Waals surface area (Å²) >= 11 is 3.34. The van der Waals surface area contributed by atoms with Crippen molar-refractivity contribution in [3.63, 3.8) is 0 Å². The molecule has 0 unspecified atom stereocenters. The van der Waals surface area contributed by atoms with E-state index in [4.69, 9.17) is 4.74 Å². The van der Waals surface area contributed by atoms with Crippen LogP contribution in [0, 0.1) is 5.92 Å². The highest BCUT2D eigenvalue weighted by molar-refractivity contribution is 9.10. The van der Waals surface area contributed by atoms with Gasteiger partial charge < -0.3 is 9.64 Å². The molecule has 6 nitrogen and oxygen atoms in total. The molecule has 0 saturated carbocycles. The van der Waals surface area contributed by atoms with E-state index in [0.29, 0.717) is 25.9 Å². The number of benzene rings is 2. The molecule has 2 aliphatic heterocycles. The summed E-state index contributed by atoms with van der Waals surface area (Å²) < 4.78 is 33.8. The summed E-state index contributed by atoms with van der Waals surface area (Å²) in [6.45, 7) is 1.32. The third kappa shape index (κ3) is 4.13. The molecule has 30 heavy (non-hydrogen) atoms. The second-order valence-electron chi connectivity index (χ2n) is 7.74. The van der Waals surface area contributed by atoms with E-state index in [1.165, 1.54) is 4.31 Å². The maximum atomic E-state index is 13.4. The van der Waals surface area contributed by atoms with Crippen molar-refractivity contribution in [3.05, 3.63) is 52.5 Å². The number of aryl methyl sites for hydroxylation is 1. The van der Waals surface area contributed by atoms with E-state index in [1.54, 1.807) is 31.4 Å². The van der Waals surface area contributed by atoms with E-state index in [9.17, 15) is 13.2 Å². The predicted molar refractivity (Wildman–Crippen MR) is 119 cm³/mol. The zero-order chi connectivity index (χ0) is 21.3. The zero-order valence-corrected chi connectivity index (χ0v) is 19.3. The van der Waals surface area contributed by atoms with Crippen LogP contribution in [-0.4, -0.2) is 45.4 Å². The van der Waals surface area contributed by atoms with Crippen molar-refractivity contribution in [1.29, 1.82) is 0 Å². The third-order valence-corrected chi connectivity index (χ3v) is 8.26. The summed E-state index contributed by atoms with van der Waals surface area (Å²) in [7, 11) is -1.99. The van der Waals surface area contributed by atoms with Crippen LogP contribution >= 0.6 is 15.9 Å². The smallest absolute Gasteiger partial charge is 0.243 e. The minimum atomic E-state index is -3.62. The van der Waals surface area contributed by atoms with Gasteiger partial charge in [0.25, 0.3) is 0 Å². The quantitative estimate of drug-likeness (QED) is 0.650. The lowest BCUT2D eigenvalue weighted by molar-refractivity contribution is -0.123. The average molecular weight is 493 g/mol. The molecule has 0 bridgehead atoms. The number of nitrogens with zero attached hydrogens (tertiary/aromatic N) is 2. The molecule has 2 aromatic rings. The number of piperidine rings is 1. The third-order valence-electron chi connectivity index (χ3n) is 5.86. The van der Waals surface area contributed by atoms with Gasteiger partial charge in [-0.2, -0.15) is 4.31 Å². The second kappa shape index (κ2) is 8.69. The number of hydrogen-bond donors (Lipinski definition) is 0. The lowest BCUT2D eigenvalue weighted by atomic mass is 9.95. The molecule has 0 aliphatic carbocycles. The number of methoxy groups -OCH3 is 1. The number of anilines is 1. The fourth-order valence-corrected chi connectivity index (χ4v) is 6.06. The van der Waals surface area contributed by atoms with Crippen LogP contribution in [0.3, 0.4) is 0 Å². The van der Waals surface area contributed by atoms with Crippen molar-refractivity contribution in [2.24, 2.45) is 5.92 Å². The second-order valence-corrected chi connectivity index (χ2v) is 10.6. The van der Waals surface area contributed by atoms with E-state index in [-0.39, 0.29) is 23.3 Å². The molecule has 160 valence electrons. The first kappa shape index (κ1) is 21.3. The lowest BCUT2D eigenvalue weighted by Crippen LogP contribution is -2.48. The maximum Gasteiger partial charge on any atom is 0.243 e. The molecule has 1 fully saturated rings. The van der Waals surface area contributed by atoms with E-state index < -0.39 is 10.0 Å². The fourth-order valence-electron chi connectivity index (χ4n) is 4.27. The number of carbonyl (C=O) groups excluding carboxylic acids is 1. The van der Waals surface area contributed by atoms with Crippen LogP contribution in [0.5, 0.6) is 5.75 Å². The molecule has 0 radical (unpaired) electrons. The van der Waals surface area contributed by atoms with Crippen molar-refractivity contribution in [3.8, 4) is 5.75 Å². The van der Waals surface area contributed by atoms with Gasteiger partial charge >= 0.3 is 0 Å². The maximum absolute atomic E-state index is 13.4. The Morgan fingerprint density at radius 2 is 1.87 bits per heavy atom. The molecule has 1 amide bonds. The molecule has 0 aromatic heterocycles. The molecule has 1 saturated heterocycles. The van der Waals surface area contributed by atoms with E-state index >= 15 is 0 Å². The normalized spacial score (nSPS) is 19.9. The van der Waals surface area contributed by atoms with Crippen LogP contribution in [0.4, 0.5) is 5.69 Å². The van der Waals surface area contributed by atoms with Gasteiger partial charge in [-0.15, -0.1) is 0 Å². The lowest BCUT2D eigenvalue weighted by Gasteiger charge is -2.36. The summed E-state index contributed by atoms with van der Waals surface area (Å²) in [4.78, 5) is 15.5. The summed E-state index contributed by atoms with van der Waals surface area (Å²) in [6, 6.07) is 12.4. The molecular formula is C22H25BrN2O4S. The predicted octanol–water partition coefficient (Wildman–Crippen LogP) is 3.84. The monoisotopic (exact) mass is 492 g/mol. The summed E-state index contributed by atoms with van der Waals surface area (Å²) in [6.07, 6.45) is 3.17. The molecule has 0 N–H and O–H groups in total. The summed E-state index contributed by atoms with van der Waals surface area (Å²) in [5.74, 6) is 0.460. The van der Waals surface area contributed by atoms with Crippen molar-refractivity contribution in [2.45, 2.75) is 30.6 Å². The van der Waals surface area contributed by atoms with Crippen molar-refractivity contribution < 1.29 is 17.9 Å². The zero-order valence-electron chi connectivity index (χ0n) is 16.9. The Bertz CT molecular complexity index is 1040. The minimum Gasteiger partial charge on any atom is -0.497 e. The molecular weight excluding hydrogens is 468 g/mol. The minimum absolute atomic E-state index is 0.0109. The standard InChI is InChI=1S/C22H25BrN2O4S/c1-29-19-8-11-21-16(14-19)4-3-13-25(21)22(26)17-5-2-12-24(15-17)30(27,28)20-9-6-18(23)7-10-20/h6-11,14,17H,2-5,12-13,15H2,1H3/t17-/m1/s1. The topological polar surface area (TPSA) is 66.9 Å². The van der Waals surface area contributed by atoms with Gasteiger partial charge in [-0.25, -0.2) is 8.42 Å². The highest BCUT2D eigenvalue weighted by Gasteiger charge is 2.36. The molecule has 8 heteroatoms. The van der Waals surface area contributed by atoms with Gasteiger partial charge in [0.05, 0.1) is 17.9 Å². The molecule has 1 atom stereocenters. The Morgan fingerprint density at radius 3 is 2.60 bits per heavy atom. The molecule has 4 rings (SSSR count). The first-order chi connectivity index (χ1) is 14.4. The van der Waals surface area contributed by atoms with Gasteiger partial charge in [0.15, 0.2) is 0 Å². The van der Waals surface area contributed by atoms with Crippen molar-refractivity contribution in [1.82, 2.24) is 4.31 Å². The van der Waals surface area contributed by atoms with E-state index in [1.807, 2.05) is 23.1 Å². The summed E-state index contributed by atoms with van der Waals surface area (Å²) in [5, 5.41) is 0. The van der Waals surface area contributed by atoms with Crippen LogP contribution in [0.1, 0.15) is 24.8 Å². The molecule has 2 aliphatic rings. The number of hydrogen-bond acceptors (Lipinski definition) is 4. The van der Waals surface area contributed by atoms with Crippen LogP contribution in [-0.2, 0) is 21.2 Å². The number of fused-ring (bicyclic) bond motifs is 1. The van der Waals surface area contributed by atoms with Gasteiger partial charge in [-0.3, -0.25) is 4.79 Å². The Morgan fingerprint density at radius 1 is 1.10 bits per heavy atom. The Kier molecular flexibility index (Phi) is 6.18. The molecule has 0 spiro atoms. The average Bonchev–Trinajstić information content (AvgIpc) is 2.78. The van der Waals surface area contributed by atoms with Gasteiger partial charge in [-0.05, 0) is 73.7 Å². The molecule has 2 heterocycles. The Balaban J connectivity index is 1.54. The van der Waals surface area contributed by atoms with Gasteiger partial charge in [-0.1, -0.05) is 15.9 Å². The van der Waals surface area contributed by atoms with Crippen molar-refractivity contribution >= 4 is 37.5 Å². The largest absolute Gasteiger partial charge is 0.497 e. The van der Waals surface area contributed by atoms with Gasteiger partial charge in [0, 0.05) is 29.8 Å². The highest BCUT2D eigenvalue weighted by atomic mass is 79.9. The number of carbonyl (C=O) groups is 1. The number of sulfonamides is 1. The first-order valence-corrected chi connectivity index (χ1v) is 12.4. The number of ether oxygens (including phenoxy) is 1. The molecule has 2 aromatic carbocycles.